The van der Waals surface area contributed by atoms with Gasteiger partial charge in [-0.1, -0.05) is 12.1 Å². The zero-order chi connectivity index (χ0) is 15.2. The van der Waals surface area contributed by atoms with E-state index in [4.69, 9.17) is 9.47 Å². The minimum atomic E-state index is 0.503. The molecule has 1 saturated heterocycles. The summed E-state index contributed by atoms with van der Waals surface area (Å²) in [6.07, 6.45) is 2.57. The van der Waals surface area contributed by atoms with E-state index in [1.165, 1.54) is 18.4 Å². The number of hydrogen-bond acceptors (Lipinski definition) is 4. The van der Waals surface area contributed by atoms with E-state index in [2.05, 4.69) is 30.1 Å². The maximum Gasteiger partial charge on any atom is 0.165 e. The van der Waals surface area contributed by atoms with Crippen LogP contribution in [0, 0.1) is 0 Å². The largest absolute Gasteiger partial charge is 0.493 e. The van der Waals surface area contributed by atoms with Crippen LogP contribution in [-0.2, 0) is 6.54 Å². The summed E-state index contributed by atoms with van der Waals surface area (Å²) in [7, 11) is 3.39. The summed E-state index contributed by atoms with van der Waals surface area (Å²) in [5.41, 5.74) is 1.18. The Bertz CT molecular complexity index is 442. The smallest absolute Gasteiger partial charge is 0.165 e. The molecule has 0 bridgehead atoms. The van der Waals surface area contributed by atoms with Crippen LogP contribution >= 0.6 is 0 Å². The van der Waals surface area contributed by atoms with E-state index < -0.39 is 0 Å². The minimum Gasteiger partial charge on any atom is -0.493 e. The van der Waals surface area contributed by atoms with Crippen LogP contribution in [-0.4, -0.2) is 44.3 Å². The number of methoxy groups -OCH3 is 2. The van der Waals surface area contributed by atoms with E-state index in [9.17, 15) is 0 Å². The number of hydrogen-bond donors (Lipinski definition) is 1. The van der Waals surface area contributed by atoms with E-state index in [0.717, 1.165) is 31.1 Å². The molecule has 1 aliphatic rings. The average molecular weight is 292 g/mol. The van der Waals surface area contributed by atoms with Crippen molar-refractivity contribution >= 4 is 0 Å². The highest BCUT2D eigenvalue weighted by Crippen LogP contribution is 2.31. The van der Waals surface area contributed by atoms with Gasteiger partial charge >= 0.3 is 0 Å². The van der Waals surface area contributed by atoms with Crippen molar-refractivity contribution in [3.8, 4) is 11.5 Å². The standard InChI is InChI=1S/C17H28N2O2/c1-13(2)19(12-15-8-6-10-18-15)11-14-7-5-9-16(20-3)17(14)21-4/h5,7,9,13,15,18H,6,8,10-12H2,1-4H3. The van der Waals surface area contributed by atoms with Crippen molar-refractivity contribution < 1.29 is 9.47 Å². The molecule has 4 heteroatoms. The van der Waals surface area contributed by atoms with E-state index in [0.29, 0.717) is 12.1 Å². The summed E-state index contributed by atoms with van der Waals surface area (Å²) in [4.78, 5) is 2.50. The molecule has 1 aliphatic heterocycles. The van der Waals surface area contributed by atoms with Gasteiger partial charge in [0.1, 0.15) is 0 Å². The number of benzene rings is 1. The third-order valence-corrected chi connectivity index (χ3v) is 4.21. The predicted molar refractivity (Wildman–Crippen MR) is 86.1 cm³/mol. The first kappa shape index (κ1) is 16.1. The van der Waals surface area contributed by atoms with Crippen molar-refractivity contribution in [1.29, 1.82) is 0 Å². The molecular formula is C17H28N2O2. The monoisotopic (exact) mass is 292 g/mol. The quantitative estimate of drug-likeness (QED) is 0.838. The molecule has 1 heterocycles. The Hall–Kier alpha value is -1.26. The molecule has 4 nitrogen and oxygen atoms in total. The maximum absolute atomic E-state index is 5.55. The second-order valence-electron chi connectivity index (χ2n) is 5.97. The van der Waals surface area contributed by atoms with E-state index in [1.807, 2.05) is 12.1 Å². The summed E-state index contributed by atoms with van der Waals surface area (Å²) in [6, 6.07) is 7.22. The van der Waals surface area contributed by atoms with Gasteiger partial charge in [0.05, 0.1) is 14.2 Å². The van der Waals surface area contributed by atoms with Crippen LogP contribution in [0.15, 0.2) is 18.2 Å². The first-order valence-corrected chi connectivity index (χ1v) is 7.83. The zero-order valence-electron chi connectivity index (χ0n) is 13.7. The molecule has 0 radical (unpaired) electrons. The summed E-state index contributed by atoms with van der Waals surface area (Å²) in [5.74, 6) is 1.66. The molecule has 0 spiro atoms. The highest BCUT2D eigenvalue weighted by atomic mass is 16.5. The van der Waals surface area contributed by atoms with Crippen LogP contribution in [0.25, 0.3) is 0 Å². The fourth-order valence-electron chi connectivity index (χ4n) is 2.95. The topological polar surface area (TPSA) is 33.7 Å². The van der Waals surface area contributed by atoms with Gasteiger partial charge in [-0.3, -0.25) is 4.90 Å². The van der Waals surface area contributed by atoms with Crippen molar-refractivity contribution in [3.63, 3.8) is 0 Å². The second-order valence-corrected chi connectivity index (χ2v) is 5.97. The van der Waals surface area contributed by atoms with Gasteiger partial charge in [0.2, 0.25) is 0 Å². The number of nitrogens with zero attached hydrogens (tertiary/aromatic N) is 1. The molecule has 0 aromatic heterocycles. The van der Waals surface area contributed by atoms with Gasteiger partial charge in [-0.15, -0.1) is 0 Å². The number of rotatable bonds is 7. The molecule has 0 amide bonds. The summed E-state index contributed by atoms with van der Waals surface area (Å²) in [5, 5.41) is 3.58. The number of para-hydroxylation sites is 1. The molecule has 21 heavy (non-hydrogen) atoms. The van der Waals surface area contributed by atoms with Crippen molar-refractivity contribution in [2.45, 2.75) is 45.3 Å². The lowest BCUT2D eigenvalue weighted by Gasteiger charge is -2.30. The molecule has 1 aromatic carbocycles. The highest BCUT2D eigenvalue weighted by molar-refractivity contribution is 5.46. The van der Waals surface area contributed by atoms with Gasteiger partial charge in [-0.05, 0) is 39.3 Å². The van der Waals surface area contributed by atoms with Gasteiger partial charge in [0.25, 0.3) is 0 Å². The van der Waals surface area contributed by atoms with Gasteiger partial charge in [0, 0.05) is 30.7 Å². The molecule has 2 rings (SSSR count). The van der Waals surface area contributed by atoms with Crippen LogP contribution in [0.2, 0.25) is 0 Å². The van der Waals surface area contributed by atoms with Gasteiger partial charge < -0.3 is 14.8 Å². The highest BCUT2D eigenvalue weighted by Gasteiger charge is 2.21. The molecule has 0 saturated carbocycles. The summed E-state index contributed by atoms with van der Waals surface area (Å²) >= 11 is 0. The van der Waals surface area contributed by atoms with Gasteiger partial charge in [-0.25, -0.2) is 0 Å². The summed E-state index contributed by atoms with van der Waals surface area (Å²) in [6.45, 7) is 7.62. The lowest BCUT2D eigenvalue weighted by molar-refractivity contribution is 0.191. The van der Waals surface area contributed by atoms with Crippen molar-refractivity contribution in [1.82, 2.24) is 10.2 Å². The first-order valence-electron chi connectivity index (χ1n) is 7.83. The van der Waals surface area contributed by atoms with Crippen LogP contribution in [0.4, 0.5) is 0 Å². The molecule has 1 aromatic rings. The Morgan fingerprint density at radius 1 is 1.29 bits per heavy atom. The zero-order valence-corrected chi connectivity index (χ0v) is 13.7. The Kier molecular flexibility index (Phi) is 5.88. The van der Waals surface area contributed by atoms with Crippen molar-refractivity contribution in [2.75, 3.05) is 27.3 Å². The Morgan fingerprint density at radius 3 is 2.67 bits per heavy atom. The lowest BCUT2D eigenvalue weighted by Crippen LogP contribution is -2.40. The molecular weight excluding hydrogens is 264 g/mol. The lowest BCUT2D eigenvalue weighted by atomic mass is 10.1. The van der Waals surface area contributed by atoms with E-state index in [1.54, 1.807) is 14.2 Å². The van der Waals surface area contributed by atoms with Crippen LogP contribution in [0.5, 0.6) is 11.5 Å². The maximum atomic E-state index is 5.55. The second kappa shape index (κ2) is 7.66. The third kappa shape index (κ3) is 4.11. The molecule has 1 unspecified atom stereocenters. The Morgan fingerprint density at radius 2 is 2.10 bits per heavy atom. The molecule has 1 N–H and O–H groups in total. The Balaban J connectivity index is 2.12. The number of ether oxygens (including phenoxy) is 2. The SMILES string of the molecule is COc1cccc(CN(CC2CCCN2)C(C)C)c1OC. The normalized spacial score (nSPS) is 18.5. The van der Waals surface area contributed by atoms with Crippen LogP contribution < -0.4 is 14.8 Å². The summed E-state index contributed by atoms with van der Waals surface area (Å²) < 4.78 is 10.9. The molecule has 0 aliphatic carbocycles. The van der Waals surface area contributed by atoms with Gasteiger partial charge in [0.15, 0.2) is 11.5 Å². The van der Waals surface area contributed by atoms with Crippen molar-refractivity contribution in [2.24, 2.45) is 0 Å². The third-order valence-electron chi connectivity index (χ3n) is 4.21. The fraction of sp³-hybridized carbons (Fsp3) is 0.647. The Labute approximate surface area is 128 Å². The van der Waals surface area contributed by atoms with Crippen LogP contribution in [0.3, 0.4) is 0 Å². The van der Waals surface area contributed by atoms with E-state index in [-0.39, 0.29) is 0 Å². The van der Waals surface area contributed by atoms with Crippen molar-refractivity contribution in [3.05, 3.63) is 23.8 Å². The first-order chi connectivity index (χ1) is 10.2. The number of nitrogens with one attached hydrogen (secondary N) is 1. The molecule has 1 atom stereocenters. The fourth-order valence-corrected chi connectivity index (χ4v) is 2.95. The molecule has 1 fully saturated rings. The minimum absolute atomic E-state index is 0.503. The van der Waals surface area contributed by atoms with Crippen LogP contribution in [0.1, 0.15) is 32.3 Å². The van der Waals surface area contributed by atoms with Gasteiger partial charge in [-0.2, -0.15) is 0 Å². The molecule has 118 valence electrons. The predicted octanol–water partition coefficient (Wildman–Crippen LogP) is 2.67. The van der Waals surface area contributed by atoms with E-state index >= 15 is 0 Å². The average Bonchev–Trinajstić information content (AvgIpc) is 2.99.